The predicted octanol–water partition coefficient (Wildman–Crippen LogP) is 3.70. The summed E-state index contributed by atoms with van der Waals surface area (Å²) < 4.78 is 6.05. The third kappa shape index (κ3) is 7.11. The van der Waals surface area contributed by atoms with Crippen LogP contribution in [-0.4, -0.2) is 14.4 Å². The average molecular weight is 213 g/mol. The number of nitrogens with zero attached hydrogens (tertiary/aromatic N) is 1. The lowest BCUT2D eigenvalue weighted by Gasteiger charge is -2.27. The molecule has 0 N–H and O–H groups in total. The van der Waals surface area contributed by atoms with Gasteiger partial charge in [0.25, 0.3) is 0 Å². The van der Waals surface area contributed by atoms with Crippen molar-refractivity contribution in [1.82, 2.24) is 0 Å². The van der Waals surface area contributed by atoms with Crippen LogP contribution in [0, 0.1) is 11.3 Å². The van der Waals surface area contributed by atoms with E-state index >= 15 is 0 Å². The molecule has 0 saturated heterocycles. The molecule has 0 aromatic carbocycles. The van der Waals surface area contributed by atoms with Crippen LogP contribution in [0.25, 0.3) is 0 Å². The first-order valence-electron chi connectivity index (χ1n) is 5.56. The highest BCUT2D eigenvalue weighted by Gasteiger charge is 2.23. The lowest BCUT2D eigenvalue weighted by Crippen LogP contribution is -2.34. The van der Waals surface area contributed by atoms with Crippen LogP contribution in [-0.2, 0) is 4.43 Å². The molecule has 0 amide bonds. The minimum Gasteiger partial charge on any atom is -0.415 e. The van der Waals surface area contributed by atoms with E-state index in [1.54, 1.807) is 0 Å². The summed E-state index contributed by atoms with van der Waals surface area (Å²) in [4.78, 5) is 0. The highest BCUT2D eigenvalue weighted by atomic mass is 28.4. The van der Waals surface area contributed by atoms with Crippen LogP contribution < -0.4 is 0 Å². The van der Waals surface area contributed by atoms with Crippen LogP contribution in [0.3, 0.4) is 0 Å². The molecule has 0 aromatic rings. The summed E-state index contributed by atoms with van der Waals surface area (Å²) in [6, 6.07) is 3.29. The molecule has 3 heteroatoms. The maximum absolute atomic E-state index is 8.45. The second-order valence-corrected chi connectivity index (χ2v) is 8.74. The minimum atomic E-state index is -1.49. The Morgan fingerprint density at radius 3 is 2.57 bits per heavy atom. The highest BCUT2D eigenvalue weighted by molar-refractivity contribution is 6.71. The lowest BCUT2D eigenvalue weighted by atomic mass is 10.2. The minimum absolute atomic E-state index is 0.392. The van der Waals surface area contributed by atoms with Crippen LogP contribution in [0.5, 0.6) is 0 Å². The van der Waals surface area contributed by atoms with Crippen LogP contribution in [0.4, 0.5) is 0 Å². The Balaban J connectivity index is 3.76. The van der Waals surface area contributed by atoms with Crippen LogP contribution in [0.1, 0.15) is 39.5 Å². The molecule has 0 radical (unpaired) electrons. The Bertz CT molecular complexity index is 186. The van der Waals surface area contributed by atoms with Crippen molar-refractivity contribution in [3.05, 3.63) is 0 Å². The molecule has 0 aromatic heterocycles. The Hall–Kier alpha value is -0.333. The van der Waals surface area contributed by atoms with Gasteiger partial charge in [-0.15, -0.1) is 0 Å². The van der Waals surface area contributed by atoms with E-state index in [4.69, 9.17) is 9.69 Å². The normalized spacial score (nSPS) is 13.6. The van der Waals surface area contributed by atoms with Crippen LogP contribution in [0.15, 0.2) is 0 Å². The molecule has 0 bridgehead atoms. The van der Waals surface area contributed by atoms with E-state index in [1.807, 2.05) is 0 Å². The average Bonchev–Trinajstić information content (AvgIpc) is 2.03. The first-order valence-corrected chi connectivity index (χ1v) is 8.68. The molecule has 0 fully saturated rings. The fraction of sp³-hybridized carbons (Fsp3) is 0.909. The molecule has 0 heterocycles. The first kappa shape index (κ1) is 13.7. The van der Waals surface area contributed by atoms with Gasteiger partial charge in [-0.05, 0) is 38.9 Å². The molecule has 82 valence electrons. The Morgan fingerprint density at radius 2 is 2.07 bits per heavy atom. The van der Waals surface area contributed by atoms with Crippen molar-refractivity contribution in [2.75, 3.05) is 0 Å². The second-order valence-electron chi connectivity index (χ2n) is 4.49. The fourth-order valence-electron chi connectivity index (χ4n) is 1.66. The topological polar surface area (TPSA) is 33.0 Å². The molecule has 0 aliphatic rings. The van der Waals surface area contributed by atoms with Crippen LogP contribution in [0.2, 0.25) is 19.1 Å². The molecular weight excluding hydrogens is 190 g/mol. The molecule has 1 unspecified atom stereocenters. The summed E-state index contributed by atoms with van der Waals surface area (Å²) in [5, 5.41) is 8.45. The molecule has 0 spiro atoms. The van der Waals surface area contributed by atoms with Gasteiger partial charge in [0, 0.05) is 12.5 Å². The van der Waals surface area contributed by atoms with Crippen molar-refractivity contribution >= 4 is 8.32 Å². The standard InChI is InChI=1S/C11H23NOSi/c1-5-8-11(2)13-14(3,4)10-7-6-9-12/h11H,5-8,10H2,1-4H3. The zero-order valence-electron chi connectivity index (χ0n) is 9.97. The SMILES string of the molecule is CCCC(C)O[Si](C)(C)CCCC#N. The summed E-state index contributed by atoms with van der Waals surface area (Å²) >= 11 is 0. The smallest absolute Gasteiger partial charge is 0.187 e. The predicted molar refractivity (Wildman–Crippen MR) is 62.6 cm³/mol. The van der Waals surface area contributed by atoms with E-state index in [1.165, 1.54) is 6.42 Å². The van der Waals surface area contributed by atoms with Crippen molar-refractivity contribution in [3.63, 3.8) is 0 Å². The van der Waals surface area contributed by atoms with Crippen molar-refractivity contribution in [2.24, 2.45) is 0 Å². The van der Waals surface area contributed by atoms with Gasteiger partial charge in [0.15, 0.2) is 8.32 Å². The van der Waals surface area contributed by atoms with Gasteiger partial charge in [0.2, 0.25) is 0 Å². The second kappa shape index (κ2) is 7.02. The van der Waals surface area contributed by atoms with Gasteiger partial charge >= 0.3 is 0 Å². The van der Waals surface area contributed by atoms with Gasteiger partial charge in [-0.25, -0.2) is 0 Å². The van der Waals surface area contributed by atoms with Gasteiger partial charge in [-0.2, -0.15) is 5.26 Å². The Labute approximate surface area is 89.4 Å². The van der Waals surface area contributed by atoms with Crippen molar-refractivity contribution in [2.45, 2.75) is 64.8 Å². The van der Waals surface area contributed by atoms with E-state index in [2.05, 4.69) is 33.0 Å². The Kier molecular flexibility index (Phi) is 6.86. The maximum Gasteiger partial charge on any atom is 0.187 e. The van der Waals surface area contributed by atoms with Crippen molar-refractivity contribution in [3.8, 4) is 6.07 Å². The van der Waals surface area contributed by atoms with E-state index in [-0.39, 0.29) is 0 Å². The number of unbranched alkanes of at least 4 members (excludes halogenated alkanes) is 1. The van der Waals surface area contributed by atoms with E-state index < -0.39 is 8.32 Å². The molecule has 0 aliphatic carbocycles. The molecule has 2 nitrogen and oxygen atoms in total. The van der Waals surface area contributed by atoms with Gasteiger partial charge in [0.05, 0.1) is 6.07 Å². The highest BCUT2D eigenvalue weighted by Crippen LogP contribution is 2.18. The summed E-state index contributed by atoms with van der Waals surface area (Å²) in [5.41, 5.74) is 0. The summed E-state index contributed by atoms with van der Waals surface area (Å²) in [7, 11) is -1.49. The summed E-state index contributed by atoms with van der Waals surface area (Å²) in [6.45, 7) is 8.83. The van der Waals surface area contributed by atoms with E-state index in [9.17, 15) is 0 Å². The molecule has 0 aliphatic heterocycles. The maximum atomic E-state index is 8.45. The molecule has 1 atom stereocenters. The largest absolute Gasteiger partial charge is 0.415 e. The van der Waals surface area contributed by atoms with Crippen LogP contribution >= 0.6 is 0 Å². The zero-order valence-corrected chi connectivity index (χ0v) is 11.0. The zero-order chi connectivity index (χ0) is 11.0. The van der Waals surface area contributed by atoms with Gasteiger partial charge in [-0.1, -0.05) is 13.3 Å². The molecule has 0 saturated carbocycles. The quantitative estimate of drug-likeness (QED) is 0.477. The van der Waals surface area contributed by atoms with Gasteiger partial charge < -0.3 is 4.43 Å². The van der Waals surface area contributed by atoms with E-state index in [0.717, 1.165) is 18.9 Å². The third-order valence-electron chi connectivity index (χ3n) is 2.28. The van der Waals surface area contributed by atoms with Crippen molar-refractivity contribution in [1.29, 1.82) is 5.26 Å². The van der Waals surface area contributed by atoms with Crippen molar-refractivity contribution < 1.29 is 4.43 Å². The Morgan fingerprint density at radius 1 is 1.43 bits per heavy atom. The summed E-state index contributed by atoms with van der Waals surface area (Å²) in [5.74, 6) is 0. The van der Waals surface area contributed by atoms with E-state index in [0.29, 0.717) is 12.5 Å². The van der Waals surface area contributed by atoms with Gasteiger partial charge in [0.1, 0.15) is 0 Å². The first-order chi connectivity index (χ1) is 6.52. The molecule has 0 rings (SSSR count). The summed E-state index contributed by atoms with van der Waals surface area (Å²) in [6.07, 6.45) is 4.39. The number of hydrogen-bond donors (Lipinski definition) is 0. The van der Waals surface area contributed by atoms with Gasteiger partial charge in [-0.3, -0.25) is 0 Å². The number of hydrogen-bond acceptors (Lipinski definition) is 2. The lowest BCUT2D eigenvalue weighted by molar-refractivity contribution is 0.199. The molecular formula is C11H23NOSi. The monoisotopic (exact) mass is 213 g/mol. The fourth-order valence-corrected chi connectivity index (χ4v) is 4.02. The molecule has 14 heavy (non-hydrogen) atoms. The number of rotatable bonds is 7. The number of nitriles is 1. The third-order valence-corrected chi connectivity index (χ3v) is 4.88.